The molecule has 40 heavy (non-hydrogen) atoms. The standard InChI is InChI=1S/C28H38O12/c1-12-9-19(35-14(3)29)23(37-16(5)31)26(7)20(36-15(4)30)11-18(33)13(2)22(26)24(38-17(6)32)28-21(10-12)39-25(34)27(28,8)40-28/h10,13,18-24,33H,9,11H2,1-8H3/b12-10-/t13-,18-,19-,20-,21-,22+,23-,24+,26-,27-,28-/m0/s1. The van der Waals surface area contributed by atoms with Crippen molar-refractivity contribution in [3.63, 3.8) is 0 Å². The van der Waals surface area contributed by atoms with Gasteiger partial charge in [0.05, 0.1) is 11.5 Å². The van der Waals surface area contributed by atoms with Gasteiger partial charge in [-0.2, -0.15) is 0 Å². The van der Waals surface area contributed by atoms with E-state index in [1.807, 2.05) is 0 Å². The summed E-state index contributed by atoms with van der Waals surface area (Å²) in [5.41, 5.74) is -3.76. The van der Waals surface area contributed by atoms with Crippen LogP contribution >= 0.6 is 0 Å². The minimum absolute atomic E-state index is 0.0378. The molecular weight excluding hydrogens is 528 g/mol. The van der Waals surface area contributed by atoms with Gasteiger partial charge in [-0.3, -0.25) is 19.2 Å². The van der Waals surface area contributed by atoms with E-state index >= 15 is 0 Å². The van der Waals surface area contributed by atoms with Crippen molar-refractivity contribution in [2.45, 2.75) is 116 Å². The van der Waals surface area contributed by atoms with Gasteiger partial charge in [0.15, 0.2) is 17.3 Å². The van der Waals surface area contributed by atoms with Crippen molar-refractivity contribution in [1.82, 2.24) is 0 Å². The third kappa shape index (κ3) is 4.58. The number of rotatable bonds is 4. The largest absolute Gasteiger partial charge is 0.462 e. The lowest BCUT2D eigenvalue weighted by Gasteiger charge is -2.57. The summed E-state index contributed by atoms with van der Waals surface area (Å²) in [4.78, 5) is 62.9. The lowest BCUT2D eigenvalue weighted by Crippen LogP contribution is -2.68. The molecule has 0 aromatic heterocycles. The zero-order valence-corrected chi connectivity index (χ0v) is 24.0. The van der Waals surface area contributed by atoms with Gasteiger partial charge < -0.3 is 33.5 Å². The Bertz CT molecular complexity index is 1150. The molecule has 0 bridgehead atoms. The minimum atomic E-state index is -1.48. The second-order valence-electron chi connectivity index (χ2n) is 11.8. The van der Waals surface area contributed by atoms with Gasteiger partial charge in [-0.05, 0) is 25.8 Å². The predicted octanol–water partition coefficient (Wildman–Crippen LogP) is 1.54. The molecule has 1 spiro atoms. The SMILES string of the molecule is CC(=O)O[C@H]1C/C(C)=C\[C@@H]2OC(=O)[C@]3(C)O[C@]23[C@H](OC(C)=O)[C@H]2[C@@H](C)[C@@H](O)C[C@H](OC(C)=O)[C@]2(C)[C@H]1OC(C)=O. The summed E-state index contributed by atoms with van der Waals surface area (Å²) in [5.74, 6) is -4.93. The Morgan fingerprint density at radius 3 is 2.00 bits per heavy atom. The van der Waals surface area contributed by atoms with Crippen LogP contribution in [0.3, 0.4) is 0 Å². The molecular formula is C28H38O12. The summed E-state index contributed by atoms with van der Waals surface area (Å²) >= 11 is 0. The number of esters is 5. The molecule has 2 saturated heterocycles. The van der Waals surface area contributed by atoms with Crippen LogP contribution in [0.4, 0.5) is 0 Å². The quantitative estimate of drug-likeness (QED) is 0.226. The monoisotopic (exact) mass is 566 g/mol. The Morgan fingerprint density at radius 2 is 1.48 bits per heavy atom. The third-order valence-electron chi connectivity index (χ3n) is 9.03. The van der Waals surface area contributed by atoms with E-state index in [2.05, 4.69) is 0 Å². The summed E-state index contributed by atoms with van der Waals surface area (Å²) in [6, 6.07) is 0. The third-order valence-corrected chi connectivity index (χ3v) is 9.03. The predicted molar refractivity (Wildman–Crippen MR) is 134 cm³/mol. The number of aliphatic hydroxyl groups excluding tert-OH is 1. The molecule has 11 atom stereocenters. The van der Waals surface area contributed by atoms with Crippen LogP contribution in [-0.4, -0.2) is 82.8 Å². The number of hydrogen-bond acceptors (Lipinski definition) is 12. The average Bonchev–Trinajstić information content (AvgIpc) is 3.40. The number of carbonyl (C=O) groups is 5. The smallest absolute Gasteiger partial charge is 0.342 e. The van der Waals surface area contributed by atoms with Crippen molar-refractivity contribution in [1.29, 1.82) is 0 Å². The maximum atomic E-state index is 13.1. The zero-order valence-electron chi connectivity index (χ0n) is 24.0. The van der Waals surface area contributed by atoms with E-state index in [4.69, 9.17) is 28.4 Å². The molecule has 0 aromatic carbocycles. The molecule has 0 radical (unpaired) electrons. The number of ether oxygens (including phenoxy) is 6. The molecule has 12 heteroatoms. The molecule has 4 aliphatic rings. The van der Waals surface area contributed by atoms with Crippen molar-refractivity contribution in [3.8, 4) is 0 Å². The first-order valence-corrected chi connectivity index (χ1v) is 13.4. The molecule has 2 aliphatic heterocycles. The minimum Gasteiger partial charge on any atom is -0.462 e. The molecule has 2 aliphatic carbocycles. The Kier molecular flexibility index (Phi) is 7.59. The molecule has 222 valence electrons. The molecule has 4 rings (SSSR count). The maximum Gasteiger partial charge on any atom is 0.342 e. The van der Waals surface area contributed by atoms with E-state index in [0.29, 0.717) is 5.57 Å². The summed E-state index contributed by atoms with van der Waals surface area (Å²) in [5, 5.41) is 11.3. The highest BCUT2D eigenvalue weighted by Crippen LogP contribution is 2.65. The zero-order chi connectivity index (χ0) is 29.9. The summed E-state index contributed by atoms with van der Waals surface area (Å²) in [7, 11) is 0. The average molecular weight is 567 g/mol. The highest BCUT2D eigenvalue weighted by atomic mass is 16.7. The first-order chi connectivity index (χ1) is 18.5. The Balaban J connectivity index is 2.06. The first-order valence-electron chi connectivity index (χ1n) is 13.4. The molecule has 3 fully saturated rings. The summed E-state index contributed by atoms with van der Waals surface area (Å²) < 4.78 is 35.3. The van der Waals surface area contributed by atoms with Crippen LogP contribution in [0.15, 0.2) is 11.6 Å². The number of epoxide rings is 1. The molecule has 0 unspecified atom stereocenters. The molecule has 1 N–H and O–H groups in total. The topological polar surface area (TPSA) is 164 Å². The fourth-order valence-corrected chi connectivity index (χ4v) is 7.32. The van der Waals surface area contributed by atoms with E-state index in [-0.39, 0.29) is 12.8 Å². The number of fused-ring (bicyclic) bond motifs is 1. The molecule has 12 nitrogen and oxygen atoms in total. The van der Waals surface area contributed by atoms with Gasteiger partial charge in [-0.1, -0.05) is 19.4 Å². The molecule has 1 saturated carbocycles. The Hall–Kier alpha value is -2.99. The van der Waals surface area contributed by atoms with Crippen molar-refractivity contribution in [2.24, 2.45) is 17.3 Å². The number of carbonyl (C=O) groups excluding carboxylic acids is 5. The maximum absolute atomic E-state index is 13.1. The van der Waals surface area contributed by atoms with Gasteiger partial charge in [-0.15, -0.1) is 0 Å². The van der Waals surface area contributed by atoms with Gasteiger partial charge in [0.25, 0.3) is 0 Å². The second kappa shape index (κ2) is 10.1. The van der Waals surface area contributed by atoms with Gasteiger partial charge in [0.2, 0.25) is 0 Å². The fraction of sp³-hybridized carbons (Fsp3) is 0.750. The summed E-state index contributed by atoms with van der Waals surface area (Å²) in [6.07, 6.45) is -4.96. The van der Waals surface area contributed by atoms with E-state index in [1.165, 1.54) is 27.7 Å². The van der Waals surface area contributed by atoms with Crippen molar-refractivity contribution >= 4 is 29.8 Å². The second-order valence-corrected chi connectivity index (χ2v) is 11.8. The number of hydrogen-bond donors (Lipinski definition) is 1. The molecule has 0 amide bonds. The molecule has 0 aromatic rings. The highest BCUT2D eigenvalue weighted by molar-refractivity contribution is 5.89. The van der Waals surface area contributed by atoms with Gasteiger partial charge in [0.1, 0.15) is 24.4 Å². The van der Waals surface area contributed by atoms with E-state index < -0.39 is 94.9 Å². The van der Waals surface area contributed by atoms with Gasteiger partial charge >= 0.3 is 29.8 Å². The van der Waals surface area contributed by atoms with E-state index in [0.717, 1.165) is 0 Å². The van der Waals surface area contributed by atoms with Crippen molar-refractivity contribution < 1.29 is 57.5 Å². The lowest BCUT2D eigenvalue weighted by molar-refractivity contribution is -0.245. The van der Waals surface area contributed by atoms with E-state index in [9.17, 15) is 29.1 Å². The first kappa shape index (κ1) is 30.0. The lowest BCUT2D eigenvalue weighted by atomic mass is 9.53. The van der Waals surface area contributed by atoms with Crippen LogP contribution in [0.2, 0.25) is 0 Å². The Labute approximate surface area is 232 Å². The van der Waals surface area contributed by atoms with Crippen LogP contribution in [0.1, 0.15) is 68.2 Å². The van der Waals surface area contributed by atoms with Crippen LogP contribution in [0, 0.1) is 17.3 Å². The summed E-state index contributed by atoms with van der Waals surface area (Å²) in [6.45, 7) is 11.6. The fourth-order valence-electron chi connectivity index (χ4n) is 7.32. The number of aliphatic hydroxyl groups is 1. The van der Waals surface area contributed by atoms with Crippen LogP contribution in [-0.2, 0) is 52.4 Å². The van der Waals surface area contributed by atoms with Crippen molar-refractivity contribution in [3.05, 3.63) is 11.6 Å². The van der Waals surface area contributed by atoms with Crippen LogP contribution in [0.5, 0.6) is 0 Å². The van der Waals surface area contributed by atoms with Crippen molar-refractivity contribution in [2.75, 3.05) is 0 Å². The highest BCUT2D eigenvalue weighted by Gasteiger charge is 2.87. The van der Waals surface area contributed by atoms with Gasteiger partial charge in [-0.25, -0.2) is 4.79 Å². The normalized spacial score (nSPS) is 45.2. The Morgan fingerprint density at radius 1 is 0.925 bits per heavy atom. The van der Waals surface area contributed by atoms with Crippen LogP contribution in [0.25, 0.3) is 0 Å². The van der Waals surface area contributed by atoms with Gasteiger partial charge in [0, 0.05) is 46.5 Å². The van der Waals surface area contributed by atoms with Crippen LogP contribution < -0.4 is 0 Å². The molecule has 2 heterocycles. The van der Waals surface area contributed by atoms with E-state index in [1.54, 1.807) is 33.8 Å².